The second-order valence-electron chi connectivity index (χ2n) is 10.0. The first-order valence-corrected chi connectivity index (χ1v) is 12.9. The number of hydrogen-bond donors (Lipinski definition) is 1. The number of amides is 1. The van der Waals surface area contributed by atoms with Crippen molar-refractivity contribution in [2.45, 2.75) is 57.5 Å². The first-order chi connectivity index (χ1) is 17.1. The summed E-state index contributed by atoms with van der Waals surface area (Å²) < 4.78 is 19.1. The third-order valence-corrected chi connectivity index (χ3v) is 7.21. The molecule has 1 heterocycles. The van der Waals surface area contributed by atoms with Gasteiger partial charge in [-0.3, -0.25) is 4.79 Å². The Morgan fingerprint density at radius 2 is 2.00 bits per heavy atom. The number of halogens is 1. The van der Waals surface area contributed by atoms with Crippen LogP contribution in [-0.2, 0) is 9.53 Å². The Labute approximate surface area is 206 Å². The lowest BCUT2D eigenvalue weighted by Crippen LogP contribution is -2.37. The molecule has 2 atom stereocenters. The molecule has 0 aliphatic heterocycles. The summed E-state index contributed by atoms with van der Waals surface area (Å²) in [5.74, 6) is 1.55. The van der Waals surface area contributed by atoms with Gasteiger partial charge in [-0.15, -0.1) is 0 Å². The number of carbonyl (C=O) groups excluding carboxylic acids is 1. The van der Waals surface area contributed by atoms with Crippen molar-refractivity contribution in [3.63, 3.8) is 0 Å². The number of rotatable bonds is 12. The average Bonchev–Trinajstić information content (AvgIpc) is 3.72. The molecule has 2 unspecified atom stereocenters. The highest BCUT2D eigenvalue weighted by Crippen LogP contribution is 2.45. The summed E-state index contributed by atoms with van der Waals surface area (Å²) >= 11 is 0. The van der Waals surface area contributed by atoms with E-state index in [0.29, 0.717) is 37.0 Å². The molecule has 0 saturated heterocycles. The van der Waals surface area contributed by atoms with Crippen molar-refractivity contribution in [3.05, 3.63) is 47.4 Å². The summed E-state index contributed by atoms with van der Waals surface area (Å²) in [4.78, 5) is 19.7. The van der Waals surface area contributed by atoms with Crippen molar-refractivity contribution in [3.8, 4) is 17.2 Å². The molecule has 1 amide bonds. The standard InChI is InChI=1S/C28H33FN4O2/c1-2-35-25-16-24(25)28(34)31-12-14-33(13-11-18-3-4-18)27-21(17-30)15-23(26(32-27)20-5-6-20)19-7-9-22(29)10-8-19/h7-10,15,18,20,24-25H,2-6,11-14,16H2,1H3,(H,31,34). The largest absolute Gasteiger partial charge is 0.378 e. The second-order valence-corrected chi connectivity index (χ2v) is 10.0. The number of nitrogens with one attached hydrogen (secondary N) is 1. The number of nitriles is 1. The van der Waals surface area contributed by atoms with Gasteiger partial charge in [-0.25, -0.2) is 9.37 Å². The van der Waals surface area contributed by atoms with Gasteiger partial charge in [-0.2, -0.15) is 5.26 Å². The number of ether oxygens (including phenoxy) is 1. The van der Waals surface area contributed by atoms with Crippen molar-refractivity contribution in [2.75, 3.05) is 31.1 Å². The molecule has 35 heavy (non-hydrogen) atoms. The van der Waals surface area contributed by atoms with Crippen molar-refractivity contribution >= 4 is 11.7 Å². The molecular weight excluding hydrogens is 443 g/mol. The average molecular weight is 477 g/mol. The minimum Gasteiger partial charge on any atom is -0.378 e. The third-order valence-electron chi connectivity index (χ3n) is 7.21. The third kappa shape index (κ3) is 5.82. The molecule has 0 bridgehead atoms. The van der Waals surface area contributed by atoms with Crippen LogP contribution in [0.4, 0.5) is 10.2 Å². The van der Waals surface area contributed by atoms with Crippen molar-refractivity contribution < 1.29 is 13.9 Å². The zero-order valence-corrected chi connectivity index (χ0v) is 20.3. The highest BCUT2D eigenvalue weighted by molar-refractivity contribution is 5.82. The van der Waals surface area contributed by atoms with Gasteiger partial charge >= 0.3 is 0 Å². The fraction of sp³-hybridized carbons (Fsp3) is 0.536. The van der Waals surface area contributed by atoms with E-state index in [1.54, 1.807) is 12.1 Å². The van der Waals surface area contributed by atoms with Gasteiger partial charge < -0.3 is 15.0 Å². The maximum absolute atomic E-state index is 13.5. The molecule has 184 valence electrons. The second kappa shape index (κ2) is 10.3. The fourth-order valence-corrected chi connectivity index (χ4v) is 4.73. The van der Waals surface area contributed by atoms with Crippen molar-refractivity contribution in [1.82, 2.24) is 10.3 Å². The number of benzene rings is 1. The lowest BCUT2D eigenvalue weighted by atomic mass is 9.99. The maximum atomic E-state index is 13.5. The summed E-state index contributed by atoms with van der Waals surface area (Å²) in [6.07, 6.45) is 6.59. The molecule has 2 aromatic rings. The number of carbonyl (C=O) groups is 1. The van der Waals surface area contributed by atoms with Gasteiger partial charge in [-0.05, 0) is 62.3 Å². The molecule has 3 saturated carbocycles. The van der Waals surface area contributed by atoms with Crippen LogP contribution in [0.1, 0.15) is 62.6 Å². The lowest BCUT2D eigenvalue weighted by molar-refractivity contribution is -0.123. The summed E-state index contributed by atoms with van der Waals surface area (Å²) in [6, 6.07) is 10.7. The smallest absolute Gasteiger partial charge is 0.225 e. The van der Waals surface area contributed by atoms with Gasteiger partial charge in [0.25, 0.3) is 0 Å². The zero-order valence-electron chi connectivity index (χ0n) is 20.3. The van der Waals surface area contributed by atoms with Gasteiger partial charge in [0.05, 0.1) is 23.3 Å². The van der Waals surface area contributed by atoms with E-state index in [1.807, 2.05) is 13.0 Å². The van der Waals surface area contributed by atoms with Crippen LogP contribution in [0.3, 0.4) is 0 Å². The lowest BCUT2D eigenvalue weighted by Gasteiger charge is -2.26. The Hall–Kier alpha value is -2.98. The Morgan fingerprint density at radius 1 is 1.23 bits per heavy atom. The molecule has 3 fully saturated rings. The SMILES string of the molecule is CCOC1CC1C(=O)NCCN(CCC1CC1)c1nc(C2CC2)c(-c2ccc(F)cc2)cc1C#N. The molecule has 0 spiro atoms. The molecule has 3 aliphatic rings. The number of anilines is 1. The Balaban J connectivity index is 1.36. The van der Waals surface area contributed by atoms with E-state index in [0.717, 1.165) is 55.0 Å². The van der Waals surface area contributed by atoms with Gasteiger partial charge in [-0.1, -0.05) is 25.0 Å². The predicted molar refractivity (Wildman–Crippen MR) is 132 cm³/mol. The molecule has 0 radical (unpaired) electrons. The quantitative estimate of drug-likeness (QED) is 0.477. The summed E-state index contributed by atoms with van der Waals surface area (Å²) in [6.45, 7) is 4.49. The molecule has 5 rings (SSSR count). The Kier molecular flexibility index (Phi) is 7.01. The van der Waals surface area contributed by atoms with Gasteiger partial charge in [0.1, 0.15) is 17.7 Å². The molecule has 1 aromatic carbocycles. The van der Waals surface area contributed by atoms with Crippen molar-refractivity contribution in [2.24, 2.45) is 11.8 Å². The van der Waals surface area contributed by atoms with E-state index in [-0.39, 0.29) is 23.7 Å². The highest BCUT2D eigenvalue weighted by atomic mass is 19.1. The molecular formula is C28H33FN4O2. The first kappa shape index (κ1) is 23.7. The summed E-state index contributed by atoms with van der Waals surface area (Å²) in [7, 11) is 0. The van der Waals surface area contributed by atoms with Crippen LogP contribution in [0.25, 0.3) is 11.1 Å². The summed E-state index contributed by atoms with van der Waals surface area (Å²) in [5.41, 5.74) is 3.31. The van der Waals surface area contributed by atoms with E-state index < -0.39 is 0 Å². The first-order valence-electron chi connectivity index (χ1n) is 12.9. The van der Waals surface area contributed by atoms with Crippen LogP contribution in [0, 0.1) is 29.0 Å². The minimum atomic E-state index is -0.279. The topological polar surface area (TPSA) is 78.2 Å². The molecule has 1 aromatic heterocycles. The van der Waals surface area contributed by atoms with E-state index in [9.17, 15) is 14.4 Å². The number of pyridine rings is 1. The fourth-order valence-electron chi connectivity index (χ4n) is 4.73. The van der Waals surface area contributed by atoms with E-state index >= 15 is 0 Å². The van der Waals surface area contributed by atoms with Gasteiger partial charge in [0, 0.05) is 37.7 Å². The molecule has 3 aliphatic carbocycles. The van der Waals surface area contributed by atoms with E-state index in [2.05, 4.69) is 16.3 Å². The number of nitrogens with zero attached hydrogens (tertiary/aromatic N) is 3. The molecule has 1 N–H and O–H groups in total. The van der Waals surface area contributed by atoms with Gasteiger partial charge in [0.15, 0.2) is 0 Å². The van der Waals surface area contributed by atoms with E-state index in [4.69, 9.17) is 9.72 Å². The Bertz CT molecular complexity index is 1110. The highest BCUT2D eigenvalue weighted by Gasteiger charge is 2.43. The predicted octanol–water partition coefficient (Wildman–Crippen LogP) is 4.78. The van der Waals surface area contributed by atoms with Crippen LogP contribution in [0.15, 0.2) is 30.3 Å². The van der Waals surface area contributed by atoms with Crippen LogP contribution in [0.2, 0.25) is 0 Å². The van der Waals surface area contributed by atoms with Crippen LogP contribution in [0.5, 0.6) is 0 Å². The normalized spacial score (nSPS) is 20.8. The minimum absolute atomic E-state index is 0.0425. The van der Waals surface area contributed by atoms with Crippen LogP contribution < -0.4 is 10.2 Å². The van der Waals surface area contributed by atoms with Crippen LogP contribution in [-0.4, -0.2) is 43.2 Å². The van der Waals surface area contributed by atoms with Gasteiger partial charge in [0.2, 0.25) is 5.91 Å². The van der Waals surface area contributed by atoms with E-state index in [1.165, 1.54) is 25.0 Å². The number of aromatic nitrogens is 1. The van der Waals surface area contributed by atoms with Crippen LogP contribution >= 0.6 is 0 Å². The zero-order chi connectivity index (χ0) is 24.4. The molecule has 7 heteroatoms. The molecule has 6 nitrogen and oxygen atoms in total. The summed E-state index contributed by atoms with van der Waals surface area (Å²) in [5, 5.41) is 13.1. The number of hydrogen-bond acceptors (Lipinski definition) is 5. The maximum Gasteiger partial charge on any atom is 0.225 e. The Morgan fingerprint density at radius 3 is 2.66 bits per heavy atom. The monoisotopic (exact) mass is 476 g/mol. The van der Waals surface area contributed by atoms with Crippen molar-refractivity contribution in [1.29, 1.82) is 5.26 Å².